The van der Waals surface area contributed by atoms with Crippen molar-refractivity contribution in [2.75, 3.05) is 0 Å². The second-order valence-electron chi connectivity index (χ2n) is 4.26. The molecule has 2 amide bonds. The van der Waals surface area contributed by atoms with Gasteiger partial charge in [-0.25, -0.2) is 0 Å². The number of halogens is 2. The van der Waals surface area contributed by atoms with Gasteiger partial charge in [-0.05, 0) is 37.3 Å². The first kappa shape index (κ1) is 16.2. The molecular weight excluding hydrogens is 331 g/mol. The van der Waals surface area contributed by atoms with Crippen LogP contribution in [0.1, 0.15) is 17.5 Å². The maximum Gasteiger partial charge on any atom is 0.305 e. The largest absolute Gasteiger partial charge is 0.479 e. The second kappa shape index (κ2) is 7.20. The zero-order valence-corrected chi connectivity index (χ0v) is 12.9. The summed E-state index contributed by atoms with van der Waals surface area (Å²) in [6.07, 6.45) is 0.473. The summed E-state index contributed by atoms with van der Waals surface area (Å²) in [5, 5.41) is 0.743. The monoisotopic (exact) mass is 342 g/mol. The minimum atomic E-state index is -0.879. The Bertz CT molecular complexity index is 673. The van der Waals surface area contributed by atoms with Crippen LogP contribution in [0.25, 0.3) is 0 Å². The van der Waals surface area contributed by atoms with Gasteiger partial charge in [-0.1, -0.05) is 23.2 Å². The average Bonchev–Trinajstić information content (AvgIpc) is 3.01. The number of carbonyl (C=O) groups excluding carboxylic acids is 2. The summed E-state index contributed by atoms with van der Waals surface area (Å²) in [5.41, 5.74) is 4.44. The molecule has 2 N–H and O–H groups in total. The number of hydrogen-bond donors (Lipinski definition) is 2. The minimum Gasteiger partial charge on any atom is -0.479 e. The van der Waals surface area contributed by atoms with Crippen LogP contribution < -0.4 is 15.6 Å². The smallest absolute Gasteiger partial charge is 0.305 e. The molecule has 0 bridgehead atoms. The van der Waals surface area contributed by atoms with Gasteiger partial charge >= 0.3 is 5.91 Å². The van der Waals surface area contributed by atoms with Crippen LogP contribution in [-0.4, -0.2) is 17.9 Å². The number of rotatable bonds is 4. The zero-order chi connectivity index (χ0) is 16.1. The Labute approximate surface area is 136 Å². The quantitative estimate of drug-likeness (QED) is 0.837. The van der Waals surface area contributed by atoms with Gasteiger partial charge in [0.2, 0.25) is 0 Å². The highest BCUT2D eigenvalue weighted by molar-refractivity contribution is 6.35. The maximum atomic E-state index is 11.8. The summed E-state index contributed by atoms with van der Waals surface area (Å²) >= 11 is 11.7. The number of benzene rings is 1. The van der Waals surface area contributed by atoms with Crippen molar-refractivity contribution < 1.29 is 18.7 Å². The Kier molecular flexibility index (Phi) is 5.30. The fraction of sp³-hybridized carbons (Fsp3) is 0.143. The Balaban J connectivity index is 1.88. The number of ether oxygens (including phenoxy) is 1. The molecule has 1 atom stereocenters. The average molecular weight is 343 g/mol. The lowest BCUT2D eigenvalue weighted by Crippen LogP contribution is -2.47. The first-order valence-corrected chi connectivity index (χ1v) is 6.98. The van der Waals surface area contributed by atoms with Crippen LogP contribution in [0.3, 0.4) is 0 Å². The highest BCUT2D eigenvalue weighted by atomic mass is 35.5. The van der Waals surface area contributed by atoms with Gasteiger partial charge in [-0.2, -0.15) is 0 Å². The summed E-state index contributed by atoms with van der Waals surface area (Å²) in [6.45, 7) is 1.51. The first-order chi connectivity index (χ1) is 10.5. The molecule has 22 heavy (non-hydrogen) atoms. The Morgan fingerprint density at radius 1 is 1.23 bits per heavy atom. The highest BCUT2D eigenvalue weighted by Crippen LogP contribution is 2.28. The molecule has 1 unspecified atom stereocenters. The second-order valence-corrected chi connectivity index (χ2v) is 5.10. The minimum absolute atomic E-state index is 0.0783. The number of nitrogens with one attached hydrogen (secondary N) is 2. The van der Waals surface area contributed by atoms with Gasteiger partial charge < -0.3 is 9.15 Å². The van der Waals surface area contributed by atoms with E-state index >= 15 is 0 Å². The molecule has 2 rings (SSSR count). The standard InChI is InChI=1S/C14H12Cl2N2O4/c1-8(22-11-5-4-9(15)7-10(11)16)13(19)17-18-14(20)12-3-2-6-21-12/h2-8H,1H3,(H,17,19)(H,18,20). The number of furan rings is 1. The molecule has 0 saturated carbocycles. The van der Waals surface area contributed by atoms with E-state index in [-0.39, 0.29) is 10.8 Å². The molecule has 0 aliphatic carbocycles. The van der Waals surface area contributed by atoms with Gasteiger partial charge in [0.1, 0.15) is 5.75 Å². The lowest BCUT2D eigenvalue weighted by Gasteiger charge is -2.15. The normalized spacial score (nSPS) is 11.6. The van der Waals surface area contributed by atoms with Crippen molar-refractivity contribution in [3.63, 3.8) is 0 Å². The van der Waals surface area contributed by atoms with Crippen molar-refractivity contribution >= 4 is 35.0 Å². The van der Waals surface area contributed by atoms with Crippen LogP contribution in [0.15, 0.2) is 41.0 Å². The van der Waals surface area contributed by atoms with Crippen molar-refractivity contribution in [2.24, 2.45) is 0 Å². The molecule has 8 heteroatoms. The molecule has 0 saturated heterocycles. The van der Waals surface area contributed by atoms with Crippen molar-refractivity contribution in [2.45, 2.75) is 13.0 Å². The number of amides is 2. The van der Waals surface area contributed by atoms with E-state index in [4.69, 9.17) is 32.4 Å². The van der Waals surface area contributed by atoms with E-state index in [1.165, 1.54) is 25.3 Å². The topological polar surface area (TPSA) is 80.6 Å². The van der Waals surface area contributed by atoms with E-state index in [2.05, 4.69) is 10.9 Å². The fourth-order valence-corrected chi connectivity index (χ4v) is 1.96. The molecule has 6 nitrogen and oxygen atoms in total. The van der Waals surface area contributed by atoms with E-state index in [1.807, 2.05) is 0 Å². The van der Waals surface area contributed by atoms with Gasteiger partial charge in [0.25, 0.3) is 5.91 Å². The fourth-order valence-electron chi connectivity index (χ4n) is 1.50. The predicted octanol–water partition coefficient (Wildman–Crippen LogP) is 2.81. The Morgan fingerprint density at radius 3 is 2.64 bits per heavy atom. The summed E-state index contributed by atoms with van der Waals surface area (Å²) < 4.78 is 10.3. The number of hydrazine groups is 1. The zero-order valence-electron chi connectivity index (χ0n) is 11.4. The molecule has 1 aromatic heterocycles. The van der Waals surface area contributed by atoms with E-state index < -0.39 is 17.9 Å². The molecule has 0 spiro atoms. The highest BCUT2D eigenvalue weighted by Gasteiger charge is 2.17. The maximum absolute atomic E-state index is 11.8. The molecule has 0 aliphatic heterocycles. The molecule has 116 valence electrons. The van der Waals surface area contributed by atoms with Gasteiger partial charge in [0.05, 0.1) is 11.3 Å². The third kappa shape index (κ3) is 4.16. The van der Waals surface area contributed by atoms with E-state index in [0.717, 1.165) is 0 Å². The van der Waals surface area contributed by atoms with Crippen LogP contribution in [0.5, 0.6) is 5.75 Å². The van der Waals surface area contributed by atoms with E-state index in [1.54, 1.807) is 18.2 Å². The van der Waals surface area contributed by atoms with Gasteiger partial charge in [-0.3, -0.25) is 20.4 Å². The molecular formula is C14H12Cl2N2O4. The van der Waals surface area contributed by atoms with Gasteiger partial charge in [0, 0.05) is 5.02 Å². The predicted molar refractivity (Wildman–Crippen MR) is 80.9 cm³/mol. The lowest BCUT2D eigenvalue weighted by atomic mass is 10.3. The Morgan fingerprint density at radius 2 is 2.00 bits per heavy atom. The van der Waals surface area contributed by atoms with Crippen molar-refractivity contribution in [3.05, 3.63) is 52.4 Å². The lowest BCUT2D eigenvalue weighted by molar-refractivity contribution is -0.128. The summed E-state index contributed by atoms with van der Waals surface area (Å²) in [5.74, 6) is -0.735. The Hall–Kier alpha value is -2.18. The van der Waals surface area contributed by atoms with Gasteiger partial charge in [0.15, 0.2) is 11.9 Å². The van der Waals surface area contributed by atoms with Gasteiger partial charge in [-0.15, -0.1) is 0 Å². The third-order valence-corrected chi connectivity index (χ3v) is 3.14. The summed E-state index contributed by atoms with van der Waals surface area (Å²) in [4.78, 5) is 23.4. The first-order valence-electron chi connectivity index (χ1n) is 6.23. The van der Waals surface area contributed by atoms with Crippen LogP contribution >= 0.6 is 23.2 Å². The van der Waals surface area contributed by atoms with Crippen LogP contribution in [0, 0.1) is 0 Å². The molecule has 0 fully saturated rings. The van der Waals surface area contributed by atoms with Crippen LogP contribution in [0.2, 0.25) is 10.0 Å². The molecule has 0 radical (unpaired) electrons. The summed E-state index contributed by atoms with van der Waals surface area (Å²) in [6, 6.07) is 7.67. The van der Waals surface area contributed by atoms with Crippen molar-refractivity contribution in [3.8, 4) is 5.75 Å². The van der Waals surface area contributed by atoms with Crippen LogP contribution in [0.4, 0.5) is 0 Å². The molecule has 2 aromatic rings. The van der Waals surface area contributed by atoms with Crippen molar-refractivity contribution in [1.29, 1.82) is 0 Å². The molecule has 0 aliphatic rings. The number of hydrogen-bond acceptors (Lipinski definition) is 4. The molecule has 1 aromatic carbocycles. The van der Waals surface area contributed by atoms with Crippen molar-refractivity contribution in [1.82, 2.24) is 10.9 Å². The third-order valence-electron chi connectivity index (χ3n) is 2.61. The SMILES string of the molecule is CC(Oc1ccc(Cl)cc1Cl)C(=O)NNC(=O)c1ccco1. The van der Waals surface area contributed by atoms with E-state index in [9.17, 15) is 9.59 Å². The van der Waals surface area contributed by atoms with Crippen LogP contribution in [-0.2, 0) is 4.79 Å². The van der Waals surface area contributed by atoms with E-state index in [0.29, 0.717) is 10.8 Å². The number of carbonyl (C=O) groups is 2. The molecule has 1 heterocycles. The summed E-state index contributed by atoms with van der Waals surface area (Å²) in [7, 11) is 0.